The normalized spacial score (nSPS) is 11.2. The summed E-state index contributed by atoms with van der Waals surface area (Å²) in [6.45, 7) is 6.61. The Balaban J connectivity index is 2.02. The van der Waals surface area contributed by atoms with Crippen LogP contribution in [0, 0.1) is 5.92 Å². The molecule has 0 aliphatic carbocycles. The Morgan fingerprint density at radius 3 is 2.08 bits per heavy atom. The number of carbonyl (C=O) groups excluding carboxylic acids is 1. The topological polar surface area (TPSA) is 87.3 Å². The summed E-state index contributed by atoms with van der Waals surface area (Å²) in [5.41, 5.74) is 2.18. The third-order valence-electron chi connectivity index (χ3n) is 3.71. The van der Waals surface area contributed by atoms with Gasteiger partial charge in [-0.2, -0.15) is 0 Å². The fourth-order valence-electron chi connectivity index (χ4n) is 2.21. The molecule has 26 heavy (non-hydrogen) atoms. The molecule has 2 aromatic rings. The minimum atomic E-state index is -3.68. The van der Waals surface area contributed by atoms with E-state index in [4.69, 9.17) is 0 Å². The van der Waals surface area contributed by atoms with Crippen molar-refractivity contribution in [3.63, 3.8) is 0 Å². The fourth-order valence-corrected chi connectivity index (χ4v) is 3.27. The number of benzene rings is 2. The second-order valence-electron chi connectivity index (χ2n) is 6.41. The molecule has 0 fully saturated rings. The van der Waals surface area contributed by atoms with Gasteiger partial charge in [0, 0.05) is 17.9 Å². The van der Waals surface area contributed by atoms with E-state index < -0.39 is 10.0 Å². The van der Waals surface area contributed by atoms with E-state index in [0.29, 0.717) is 23.8 Å². The molecule has 0 heterocycles. The molecule has 0 aliphatic heterocycles. The smallest absolute Gasteiger partial charge is 0.319 e. The van der Waals surface area contributed by atoms with Crippen molar-refractivity contribution in [2.45, 2.75) is 32.1 Å². The highest BCUT2D eigenvalue weighted by Gasteiger charge is 2.14. The number of sulfonamides is 1. The molecule has 0 bridgehead atoms. The molecular formula is C19H25N3O3S. The van der Waals surface area contributed by atoms with Crippen LogP contribution in [0.15, 0.2) is 53.4 Å². The Bertz CT molecular complexity index is 829. The summed E-state index contributed by atoms with van der Waals surface area (Å²) in [4.78, 5) is 11.9. The minimum Gasteiger partial charge on any atom is -0.338 e. The first-order valence-electron chi connectivity index (χ1n) is 8.57. The van der Waals surface area contributed by atoms with Crippen LogP contribution in [-0.4, -0.2) is 21.0 Å². The molecular weight excluding hydrogens is 350 g/mol. The van der Waals surface area contributed by atoms with Crippen LogP contribution in [0.3, 0.4) is 0 Å². The Labute approximate surface area is 155 Å². The molecule has 2 rings (SSSR count). The standard InChI is InChI=1S/C19H25N3O3S/c1-4-15-5-7-17(8-6-15)22-26(24,25)18-11-9-16(10-12-18)21-19(23)20-13-14(2)3/h5-12,14,22H,4,13H2,1-3H3,(H2,20,21,23). The summed E-state index contributed by atoms with van der Waals surface area (Å²) < 4.78 is 27.5. The number of carbonyl (C=O) groups is 1. The summed E-state index contributed by atoms with van der Waals surface area (Å²) in [5.74, 6) is 0.353. The van der Waals surface area contributed by atoms with Crippen LogP contribution < -0.4 is 15.4 Å². The van der Waals surface area contributed by atoms with Gasteiger partial charge in [0.05, 0.1) is 4.90 Å². The van der Waals surface area contributed by atoms with Gasteiger partial charge < -0.3 is 10.6 Å². The van der Waals surface area contributed by atoms with Gasteiger partial charge in [-0.15, -0.1) is 0 Å². The minimum absolute atomic E-state index is 0.130. The first-order chi connectivity index (χ1) is 12.3. The van der Waals surface area contributed by atoms with Gasteiger partial charge in [-0.3, -0.25) is 4.72 Å². The van der Waals surface area contributed by atoms with Crippen LogP contribution in [0.4, 0.5) is 16.2 Å². The second kappa shape index (κ2) is 8.71. The van der Waals surface area contributed by atoms with Crippen molar-refractivity contribution < 1.29 is 13.2 Å². The van der Waals surface area contributed by atoms with E-state index in [-0.39, 0.29) is 10.9 Å². The van der Waals surface area contributed by atoms with Gasteiger partial charge in [-0.05, 0) is 54.3 Å². The van der Waals surface area contributed by atoms with Crippen molar-refractivity contribution in [2.24, 2.45) is 5.92 Å². The lowest BCUT2D eigenvalue weighted by atomic mass is 10.2. The van der Waals surface area contributed by atoms with E-state index in [1.165, 1.54) is 12.1 Å². The summed E-state index contributed by atoms with van der Waals surface area (Å²) in [6, 6.07) is 13.0. The maximum atomic E-state index is 12.5. The SMILES string of the molecule is CCc1ccc(NS(=O)(=O)c2ccc(NC(=O)NCC(C)C)cc2)cc1. The molecule has 6 nitrogen and oxygen atoms in total. The fraction of sp³-hybridized carbons (Fsp3) is 0.316. The molecule has 0 radical (unpaired) electrons. The monoisotopic (exact) mass is 375 g/mol. The molecule has 0 saturated heterocycles. The molecule has 0 spiro atoms. The number of urea groups is 1. The van der Waals surface area contributed by atoms with Gasteiger partial charge in [0.25, 0.3) is 10.0 Å². The molecule has 140 valence electrons. The van der Waals surface area contributed by atoms with Gasteiger partial charge in [0.15, 0.2) is 0 Å². The highest BCUT2D eigenvalue weighted by atomic mass is 32.2. The summed E-state index contributed by atoms with van der Waals surface area (Å²) >= 11 is 0. The number of rotatable bonds is 7. The van der Waals surface area contributed by atoms with Crippen molar-refractivity contribution in [1.82, 2.24) is 5.32 Å². The largest absolute Gasteiger partial charge is 0.338 e. The lowest BCUT2D eigenvalue weighted by Gasteiger charge is -2.11. The molecule has 2 amide bonds. The Morgan fingerprint density at radius 2 is 1.54 bits per heavy atom. The molecule has 0 unspecified atom stereocenters. The number of aryl methyl sites for hydroxylation is 1. The van der Waals surface area contributed by atoms with Crippen LogP contribution in [0.25, 0.3) is 0 Å². The van der Waals surface area contributed by atoms with Crippen LogP contribution in [0.5, 0.6) is 0 Å². The highest BCUT2D eigenvalue weighted by Crippen LogP contribution is 2.19. The summed E-state index contributed by atoms with van der Waals surface area (Å²) in [7, 11) is -3.68. The molecule has 7 heteroatoms. The third kappa shape index (κ3) is 5.77. The number of hydrogen-bond acceptors (Lipinski definition) is 3. The zero-order chi connectivity index (χ0) is 19.2. The van der Waals surface area contributed by atoms with Gasteiger partial charge in [-0.1, -0.05) is 32.9 Å². The maximum Gasteiger partial charge on any atom is 0.319 e. The Morgan fingerprint density at radius 1 is 0.962 bits per heavy atom. The van der Waals surface area contributed by atoms with Gasteiger partial charge in [0.1, 0.15) is 0 Å². The first-order valence-corrected chi connectivity index (χ1v) is 10.0. The molecule has 2 aromatic carbocycles. The van der Waals surface area contributed by atoms with Crippen molar-refractivity contribution >= 4 is 27.4 Å². The van der Waals surface area contributed by atoms with Gasteiger partial charge >= 0.3 is 6.03 Å². The average Bonchev–Trinajstić information content (AvgIpc) is 2.61. The third-order valence-corrected chi connectivity index (χ3v) is 5.10. The molecule has 0 aromatic heterocycles. The van der Waals surface area contributed by atoms with E-state index in [0.717, 1.165) is 12.0 Å². The van der Waals surface area contributed by atoms with Crippen LogP contribution >= 0.6 is 0 Å². The Kier molecular flexibility index (Phi) is 6.63. The van der Waals surface area contributed by atoms with E-state index in [2.05, 4.69) is 15.4 Å². The van der Waals surface area contributed by atoms with Crippen LogP contribution in [0.2, 0.25) is 0 Å². The van der Waals surface area contributed by atoms with Crippen molar-refractivity contribution in [3.8, 4) is 0 Å². The summed E-state index contributed by atoms with van der Waals surface area (Å²) in [5, 5.41) is 5.41. The molecule has 0 aliphatic rings. The van der Waals surface area contributed by atoms with E-state index in [1.807, 2.05) is 32.9 Å². The predicted molar refractivity (Wildman–Crippen MR) is 105 cm³/mol. The molecule has 3 N–H and O–H groups in total. The van der Waals surface area contributed by atoms with Gasteiger partial charge in [0.2, 0.25) is 0 Å². The van der Waals surface area contributed by atoms with Crippen molar-refractivity contribution in [2.75, 3.05) is 16.6 Å². The first kappa shape index (κ1) is 19.8. The average molecular weight is 375 g/mol. The highest BCUT2D eigenvalue weighted by molar-refractivity contribution is 7.92. The predicted octanol–water partition coefficient (Wildman–Crippen LogP) is 3.83. The Hall–Kier alpha value is -2.54. The zero-order valence-electron chi connectivity index (χ0n) is 15.2. The zero-order valence-corrected chi connectivity index (χ0v) is 16.1. The van der Waals surface area contributed by atoms with E-state index in [9.17, 15) is 13.2 Å². The quantitative estimate of drug-likeness (QED) is 0.687. The van der Waals surface area contributed by atoms with Crippen LogP contribution in [0.1, 0.15) is 26.3 Å². The van der Waals surface area contributed by atoms with Gasteiger partial charge in [-0.25, -0.2) is 13.2 Å². The van der Waals surface area contributed by atoms with Crippen molar-refractivity contribution in [3.05, 3.63) is 54.1 Å². The lowest BCUT2D eigenvalue weighted by Crippen LogP contribution is -2.31. The number of anilines is 2. The molecule has 0 saturated carbocycles. The molecule has 0 atom stereocenters. The number of hydrogen-bond donors (Lipinski definition) is 3. The number of amides is 2. The lowest BCUT2D eigenvalue weighted by molar-refractivity contribution is 0.251. The second-order valence-corrected chi connectivity index (χ2v) is 8.09. The van der Waals surface area contributed by atoms with Crippen LogP contribution in [-0.2, 0) is 16.4 Å². The maximum absolute atomic E-state index is 12.5. The van der Waals surface area contributed by atoms with Crippen molar-refractivity contribution in [1.29, 1.82) is 0 Å². The van der Waals surface area contributed by atoms with E-state index >= 15 is 0 Å². The van der Waals surface area contributed by atoms with E-state index in [1.54, 1.807) is 24.3 Å². The summed E-state index contributed by atoms with van der Waals surface area (Å²) in [6.07, 6.45) is 0.895. The number of nitrogens with one attached hydrogen (secondary N) is 3.